The monoisotopic (exact) mass is 274 g/mol. The van der Waals surface area contributed by atoms with Gasteiger partial charge in [0, 0.05) is 17.9 Å². The van der Waals surface area contributed by atoms with E-state index in [-0.39, 0.29) is 23.9 Å². The molecule has 4 atom stereocenters. The Morgan fingerprint density at radius 3 is 2.55 bits per heavy atom. The molecule has 5 heteroatoms. The zero-order valence-electron chi connectivity index (χ0n) is 11.8. The molecule has 3 rings (SSSR count). The summed E-state index contributed by atoms with van der Waals surface area (Å²) in [5.41, 5.74) is 0.461. The number of hydrogen-bond donors (Lipinski definition) is 3. The Balaban J connectivity index is 1.99. The molecule has 1 aromatic rings. The fourth-order valence-corrected chi connectivity index (χ4v) is 3.72. The van der Waals surface area contributed by atoms with Crippen LogP contribution in [0.5, 0.6) is 0 Å². The molecule has 106 valence electrons. The highest BCUT2D eigenvalue weighted by Crippen LogP contribution is 2.35. The van der Waals surface area contributed by atoms with Gasteiger partial charge in [-0.2, -0.15) is 0 Å². The summed E-state index contributed by atoms with van der Waals surface area (Å²) in [6, 6.07) is 10.1. The Morgan fingerprint density at radius 1 is 1.25 bits per heavy atom. The standard InChI is InChI=1S/C15H19N3O2/c1-10-12(11-6-4-3-5-7-11)18(2)9-8-15(10)13(19)16-14(20)17-15/h3-7,10,12H,8-9H2,1-2H3,(H2,16,17,19,20)/p+1/t10-,12-,15-/m0/s1. The summed E-state index contributed by atoms with van der Waals surface area (Å²) in [5.74, 6) is -0.131. The van der Waals surface area contributed by atoms with Gasteiger partial charge in [-0.1, -0.05) is 37.3 Å². The number of urea groups is 1. The van der Waals surface area contributed by atoms with Gasteiger partial charge in [0.15, 0.2) is 0 Å². The van der Waals surface area contributed by atoms with E-state index in [2.05, 4.69) is 36.7 Å². The summed E-state index contributed by atoms with van der Waals surface area (Å²) in [5, 5.41) is 5.27. The first-order chi connectivity index (χ1) is 9.54. The summed E-state index contributed by atoms with van der Waals surface area (Å²) in [4.78, 5) is 25.2. The van der Waals surface area contributed by atoms with Crippen LogP contribution >= 0.6 is 0 Å². The third-order valence-electron chi connectivity index (χ3n) is 4.85. The van der Waals surface area contributed by atoms with Crippen molar-refractivity contribution in [3.8, 4) is 0 Å². The second-order valence-electron chi connectivity index (χ2n) is 5.90. The lowest BCUT2D eigenvalue weighted by molar-refractivity contribution is -0.923. The van der Waals surface area contributed by atoms with E-state index in [1.807, 2.05) is 18.2 Å². The number of hydrogen-bond acceptors (Lipinski definition) is 2. The largest absolute Gasteiger partial charge is 0.331 e. The summed E-state index contributed by atoms with van der Waals surface area (Å²) in [6.07, 6.45) is 0.681. The average Bonchev–Trinajstić information content (AvgIpc) is 2.72. The van der Waals surface area contributed by atoms with Crippen LogP contribution < -0.4 is 15.5 Å². The number of carbonyl (C=O) groups is 2. The van der Waals surface area contributed by atoms with Gasteiger partial charge in [-0.05, 0) is 0 Å². The fraction of sp³-hybridized carbons (Fsp3) is 0.467. The normalized spacial score (nSPS) is 36.8. The van der Waals surface area contributed by atoms with Crippen LogP contribution in [0.1, 0.15) is 24.9 Å². The molecule has 2 heterocycles. The maximum absolute atomic E-state index is 12.3. The number of likely N-dealkylation sites (tertiary alicyclic amines) is 1. The first kappa shape index (κ1) is 13.1. The van der Waals surface area contributed by atoms with Crippen molar-refractivity contribution in [3.63, 3.8) is 0 Å². The fourth-order valence-electron chi connectivity index (χ4n) is 3.72. The highest BCUT2D eigenvalue weighted by atomic mass is 16.2. The number of nitrogens with one attached hydrogen (secondary N) is 3. The molecule has 0 bridgehead atoms. The smallest absolute Gasteiger partial charge is 0.322 e. The highest BCUT2D eigenvalue weighted by molar-refractivity contribution is 6.07. The number of benzene rings is 1. The van der Waals surface area contributed by atoms with E-state index in [1.54, 1.807) is 0 Å². The average molecular weight is 274 g/mol. The van der Waals surface area contributed by atoms with Crippen LogP contribution in [0, 0.1) is 5.92 Å². The summed E-state index contributed by atoms with van der Waals surface area (Å²) in [7, 11) is 2.15. The third kappa shape index (κ3) is 1.81. The van der Waals surface area contributed by atoms with Crippen LogP contribution in [0.4, 0.5) is 4.79 Å². The van der Waals surface area contributed by atoms with Gasteiger partial charge >= 0.3 is 6.03 Å². The van der Waals surface area contributed by atoms with Crippen LogP contribution in [-0.2, 0) is 4.79 Å². The van der Waals surface area contributed by atoms with Gasteiger partial charge in [-0.25, -0.2) is 4.79 Å². The molecule has 3 N–H and O–H groups in total. The van der Waals surface area contributed by atoms with Crippen molar-refractivity contribution >= 4 is 11.9 Å². The van der Waals surface area contributed by atoms with Crippen LogP contribution in [0.25, 0.3) is 0 Å². The molecule has 2 saturated heterocycles. The number of imide groups is 1. The van der Waals surface area contributed by atoms with E-state index in [0.29, 0.717) is 6.42 Å². The number of quaternary nitrogens is 1. The maximum atomic E-state index is 12.3. The van der Waals surface area contributed by atoms with Crippen molar-refractivity contribution in [2.45, 2.75) is 24.9 Å². The molecule has 2 fully saturated rings. The van der Waals surface area contributed by atoms with Gasteiger partial charge in [0.1, 0.15) is 11.6 Å². The maximum Gasteiger partial charge on any atom is 0.322 e. The molecule has 20 heavy (non-hydrogen) atoms. The zero-order valence-corrected chi connectivity index (χ0v) is 11.8. The van der Waals surface area contributed by atoms with Crippen LogP contribution in [-0.4, -0.2) is 31.1 Å². The Bertz CT molecular complexity index is 545. The zero-order chi connectivity index (χ0) is 14.3. The second kappa shape index (κ2) is 4.59. The lowest BCUT2D eigenvalue weighted by Gasteiger charge is -2.44. The number of amides is 3. The molecule has 0 aliphatic carbocycles. The molecule has 0 aromatic heterocycles. The molecule has 0 saturated carbocycles. The van der Waals surface area contributed by atoms with Gasteiger partial charge in [0.05, 0.1) is 13.6 Å². The minimum atomic E-state index is -0.753. The van der Waals surface area contributed by atoms with Crippen molar-refractivity contribution in [1.82, 2.24) is 10.6 Å². The van der Waals surface area contributed by atoms with Gasteiger partial charge in [0.2, 0.25) is 0 Å². The second-order valence-corrected chi connectivity index (χ2v) is 5.90. The van der Waals surface area contributed by atoms with Gasteiger partial charge in [0.25, 0.3) is 5.91 Å². The van der Waals surface area contributed by atoms with E-state index in [4.69, 9.17) is 0 Å². The van der Waals surface area contributed by atoms with Gasteiger partial charge < -0.3 is 10.2 Å². The van der Waals surface area contributed by atoms with Crippen LogP contribution in [0.3, 0.4) is 0 Å². The van der Waals surface area contributed by atoms with Crippen LogP contribution in [0.2, 0.25) is 0 Å². The van der Waals surface area contributed by atoms with Crippen molar-refractivity contribution in [3.05, 3.63) is 35.9 Å². The van der Waals surface area contributed by atoms with Gasteiger partial charge in [-0.15, -0.1) is 0 Å². The number of rotatable bonds is 1. The Labute approximate surface area is 118 Å². The lowest BCUT2D eigenvalue weighted by Crippen LogP contribution is -3.12. The molecular formula is C15H20N3O2+. The first-order valence-corrected chi connectivity index (χ1v) is 7.05. The number of piperidine rings is 1. The number of carbonyl (C=O) groups excluding carboxylic acids is 2. The summed E-state index contributed by atoms with van der Waals surface area (Å²) in [6.45, 7) is 2.92. The molecule has 2 aliphatic heterocycles. The third-order valence-corrected chi connectivity index (χ3v) is 4.85. The minimum Gasteiger partial charge on any atom is -0.331 e. The summed E-state index contributed by atoms with van der Waals surface area (Å²) >= 11 is 0. The van der Waals surface area contributed by atoms with E-state index in [9.17, 15) is 9.59 Å². The van der Waals surface area contributed by atoms with Crippen molar-refractivity contribution < 1.29 is 14.5 Å². The molecular weight excluding hydrogens is 254 g/mol. The Kier molecular flexibility index (Phi) is 3.01. The predicted molar refractivity (Wildman–Crippen MR) is 74.1 cm³/mol. The molecule has 2 aliphatic rings. The lowest BCUT2D eigenvalue weighted by atomic mass is 9.72. The predicted octanol–water partition coefficient (Wildman–Crippen LogP) is -0.140. The van der Waals surface area contributed by atoms with Gasteiger partial charge in [-0.3, -0.25) is 10.1 Å². The summed E-state index contributed by atoms with van der Waals surface area (Å²) < 4.78 is 0. The molecule has 1 unspecified atom stereocenters. The van der Waals surface area contributed by atoms with Crippen molar-refractivity contribution in [1.29, 1.82) is 0 Å². The van der Waals surface area contributed by atoms with E-state index in [1.165, 1.54) is 10.5 Å². The quantitative estimate of drug-likeness (QED) is 0.624. The van der Waals surface area contributed by atoms with E-state index < -0.39 is 5.54 Å². The van der Waals surface area contributed by atoms with Crippen molar-refractivity contribution in [2.75, 3.05) is 13.6 Å². The Hall–Kier alpha value is -1.88. The molecule has 0 radical (unpaired) electrons. The van der Waals surface area contributed by atoms with E-state index in [0.717, 1.165) is 6.54 Å². The Morgan fingerprint density at radius 2 is 1.95 bits per heavy atom. The topological polar surface area (TPSA) is 62.6 Å². The van der Waals surface area contributed by atoms with E-state index >= 15 is 0 Å². The molecule has 1 aromatic carbocycles. The molecule has 1 spiro atoms. The first-order valence-electron chi connectivity index (χ1n) is 7.05. The van der Waals surface area contributed by atoms with Crippen molar-refractivity contribution in [2.24, 2.45) is 5.92 Å². The SMILES string of the molecule is C[C@H]1[C@@H](c2ccccc2)[NH+](C)CC[C@]12NC(=O)NC2=O. The highest BCUT2D eigenvalue weighted by Gasteiger charge is 2.57. The molecule has 5 nitrogen and oxygen atoms in total. The van der Waals surface area contributed by atoms with Crippen LogP contribution in [0.15, 0.2) is 30.3 Å². The molecule has 3 amide bonds. The minimum absolute atomic E-state index is 0.0464.